The number of hydrogen-bond donors (Lipinski definition) is 1. The van der Waals surface area contributed by atoms with E-state index in [1.807, 2.05) is 34.7 Å². The topological polar surface area (TPSA) is 81.3 Å². The van der Waals surface area contributed by atoms with E-state index in [2.05, 4.69) is 34.2 Å². The molecule has 1 atom stereocenters. The SMILES string of the molecule is C=CCn1c(=O)c2ccccc2n2c(SCC(=O)NC3CCCc4ccccc43)nnc12. The Labute approximate surface area is 189 Å². The molecule has 1 N–H and O–H groups in total. The molecule has 162 valence electrons. The van der Waals surface area contributed by atoms with Crippen molar-refractivity contribution in [3.05, 3.63) is 82.7 Å². The molecule has 2 aromatic carbocycles. The van der Waals surface area contributed by atoms with Crippen LogP contribution in [0.5, 0.6) is 0 Å². The maximum Gasteiger partial charge on any atom is 0.263 e. The molecular formula is C24H23N5O2S. The Balaban J connectivity index is 1.41. The van der Waals surface area contributed by atoms with E-state index in [-0.39, 0.29) is 23.3 Å². The smallest absolute Gasteiger partial charge is 0.263 e. The molecule has 1 unspecified atom stereocenters. The normalized spacial score (nSPS) is 15.6. The van der Waals surface area contributed by atoms with Gasteiger partial charge in [-0.25, -0.2) is 0 Å². The summed E-state index contributed by atoms with van der Waals surface area (Å²) in [6, 6.07) is 15.7. The lowest BCUT2D eigenvalue weighted by atomic mass is 9.88. The van der Waals surface area contributed by atoms with Crippen molar-refractivity contribution < 1.29 is 4.79 Å². The number of carbonyl (C=O) groups is 1. The molecule has 0 saturated carbocycles. The summed E-state index contributed by atoms with van der Waals surface area (Å²) in [5, 5.41) is 12.9. The highest BCUT2D eigenvalue weighted by Crippen LogP contribution is 2.29. The fraction of sp³-hybridized carbons (Fsp3) is 0.250. The second kappa shape index (κ2) is 8.63. The molecule has 0 fully saturated rings. The van der Waals surface area contributed by atoms with Crippen molar-refractivity contribution in [2.45, 2.75) is 37.0 Å². The Kier molecular flexibility index (Phi) is 5.53. The molecule has 0 saturated heterocycles. The minimum atomic E-state index is -0.134. The van der Waals surface area contributed by atoms with Gasteiger partial charge in [0.2, 0.25) is 11.7 Å². The Morgan fingerprint density at radius 3 is 2.88 bits per heavy atom. The third kappa shape index (κ3) is 3.60. The fourth-order valence-electron chi connectivity index (χ4n) is 4.39. The molecule has 0 radical (unpaired) electrons. The summed E-state index contributed by atoms with van der Waals surface area (Å²) < 4.78 is 3.39. The van der Waals surface area contributed by atoms with Crippen molar-refractivity contribution in [1.29, 1.82) is 0 Å². The largest absolute Gasteiger partial charge is 0.349 e. The molecule has 1 aliphatic carbocycles. The van der Waals surface area contributed by atoms with Gasteiger partial charge in [-0.1, -0.05) is 54.2 Å². The lowest BCUT2D eigenvalue weighted by Gasteiger charge is -2.26. The van der Waals surface area contributed by atoms with E-state index < -0.39 is 0 Å². The van der Waals surface area contributed by atoms with Gasteiger partial charge in [0.15, 0.2) is 5.16 Å². The third-order valence-electron chi connectivity index (χ3n) is 5.83. The highest BCUT2D eigenvalue weighted by Gasteiger charge is 2.22. The van der Waals surface area contributed by atoms with Crippen LogP contribution in [0.2, 0.25) is 0 Å². The number of carbonyl (C=O) groups excluding carboxylic acids is 1. The molecule has 4 aromatic rings. The number of allylic oxidation sites excluding steroid dienone is 1. The molecule has 5 rings (SSSR count). The number of nitrogens with one attached hydrogen (secondary N) is 1. The van der Waals surface area contributed by atoms with Crippen LogP contribution in [0, 0.1) is 0 Å². The van der Waals surface area contributed by atoms with Gasteiger partial charge in [0.1, 0.15) is 0 Å². The summed E-state index contributed by atoms with van der Waals surface area (Å²) in [5.41, 5.74) is 3.11. The van der Waals surface area contributed by atoms with Crippen molar-refractivity contribution in [3.63, 3.8) is 0 Å². The minimum Gasteiger partial charge on any atom is -0.349 e. The van der Waals surface area contributed by atoms with Crippen molar-refractivity contribution in [3.8, 4) is 0 Å². The van der Waals surface area contributed by atoms with Crippen molar-refractivity contribution >= 4 is 34.3 Å². The predicted molar refractivity (Wildman–Crippen MR) is 126 cm³/mol. The molecule has 7 nitrogen and oxygen atoms in total. The predicted octanol–water partition coefficient (Wildman–Crippen LogP) is 3.52. The number of fused-ring (bicyclic) bond motifs is 4. The summed E-state index contributed by atoms with van der Waals surface area (Å²) >= 11 is 1.32. The molecule has 0 bridgehead atoms. The number of benzene rings is 2. The molecule has 0 aliphatic heterocycles. The van der Waals surface area contributed by atoms with Gasteiger partial charge in [-0.15, -0.1) is 16.8 Å². The number of para-hydroxylation sites is 1. The van der Waals surface area contributed by atoms with E-state index in [0.717, 1.165) is 24.8 Å². The fourth-order valence-corrected chi connectivity index (χ4v) is 5.14. The third-order valence-corrected chi connectivity index (χ3v) is 6.76. The van der Waals surface area contributed by atoms with Gasteiger partial charge >= 0.3 is 0 Å². The first kappa shape index (κ1) is 20.5. The quantitative estimate of drug-likeness (QED) is 0.363. The molecule has 2 heterocycles. The Morgan fingerprint density at radius 2 is 2.00 bits per heavy atom. The second-order valence-electron chi connectivity index (χ2n) is 7.84. The zero-order valence-corrected chi connectivity index (χ0v) is 18.3. The van der Waals surface area contributed by atoms with Gasteiger partial charge in [-0.05, 0) is 42.5 Å². The van der Waals surface area contributed by atoms with Crippen molar-refractivity contribution in [2.75, 3.05) is 5.75 Å². The first-order valence-corrected chi connectivity index (χ1v) is 11.6. The lowest BCUT2D eigenvalue weighted by molar-refractivity contribution is -0.119. The maximum atomic E-state index is 12.9. The average Bonchev–Trinajstić information content (AvgIpc) is 3.25. The second-order valence-corrected chi connectivity index (χ2v) is 8.78. The number of rotatable bonds is 6. The van der Waals surface area contributed by atoms with Crippen LogP contribution >= 0.6 is 11.8 Å². The monoisotopic (exact) mass is 445 g/mol. The van der Waals surface area contributed by atoms with Crippen LogP contribution in [0.15, 0.2) is 71.1 Å². The summed E-state index contributed by atoms with van der Waals surface area (Å²) in [4.78, 5) is 25.7. The van der Waals surface area contributed by atoms with Gasteiger partial charge in [-0.2, -0.15) is 0 Å². The van der Waals surface area contributed by atoms with E-state index in [0.29, 0.717) is 22.9 Å². The highest BCUT2D eigenvalue weighted by molar-refractivity contribution is 7.99. The van der Waals surface area contributed by atoms with Crippen LogP contribution < -0.4 is 10.9 Å². The van der Waals surface area contributed by atoms with E-state index in [9.17, 15) is 9.59 Å². The summed E-state index contributed by atoms with van der Waals surface area (Å²) in [6.07, 6.45) is 4.73. The highest BCUT2D eigenvalue weighted by atomic mass is 32.2. The molecule has 2 aromatic heterocycles. The average molecular weight is 446 g/mol. The van der Waals surface area contributed by atoms with Gasteiger partial charge in [0.05, 0.1) is 22.7 Å². The van der Waals surface area contributed by atoms with Crippen LogP contribution in [-0.2, 0) is 17.8 Å². The van der Waals surface area contributed by atoms with Crippen LogP contribution in [0.25, 0.3) is 16.7 Å². The van der Waals surface area contributed by atoms with Crippen LogP contribution in [-0.4, -0.2) is 30.8 Å². The lowest BCUT2D eigenvalue weighted by Crippen LogP contribution is -2.32. The zero-order valence-electron chi connectivity index (χ0n) is 17.5. The van der Waals surface area contributed by atoms with E-state index >= 15 is 0 Å². The van der Waals surface area contributed by atoms with Gasteiger partial charge in [-0.3, -0.25) is 18.6 Å². The van der Waals surface area contributed by atoms with Gasteiger partial charge in [0.25, 0.3) is 5.56 Å². The molecule has 8 heteroatoms. The number of aromatic nitrogens is 4. The molecule has 0 spiro atoms. The van der Waals surface area contributed by atoms with Crippen molar-refractivity contribution in [2.24, 2.45) is 0 Å². The number of thioether (sulfide) groups is 1. The number of nitrogens with zero attached hydrogens (tertiary/aromatic N) is 4. The molecule has 32 heavy (non-hydrogen) atoms. The van der Waals surface area contributed by atoms with Gasteiger partial charge in [0, 0.05) is 6.54 Å². The first-order chi connectivity index (χ1) is 15.7. The van der Waals surface area contributed by atoms with Crippen LogP contribution in [0.4, 0.5) is 0 Å². The zero-order chi connectivity index (χ0) is 22.1. The first-order valence-electron chi connectivity index (χ1n) is 10.6. The molecule has 1 aliphatic rings. The molecule has 1 amide bonds. The number of hydrogen-bond acceptors (Lipinski definition) is 5. The summed E-state index contributed by atoms with van der Waals surface area (Å²) in [6.45, 7) is 4.08. The summed E-state index contributed by atoms with van der Waals surface area (Å²) in [5.74, 6) is 0.615. The number of amides is 1. The minimum absolute atomic E-state index is 0.0433. The van der Waals surface area contributed by atoms with E-state index in [1.165, 1.54) is 22.9 Å². The number of aryl methyl sites for hydroxylation is 1. The standard InChI is InChI=1S/C24H23N5O2S/c1-2-14-28-22(31)18-11-5-6-13-20(18)29-23(28)26-27-24(29)32-15-21(30)25-19-12-7-9-16-8-3-4-10-17(16)19/h2-6,8,10-11,13,19H,1,7,9,12,14-15H2,(H,25,30). The maximum absolute atomic E-state index is 12.9. The Hall–Kier alpha value is -3.39. The van der Waals surface area contributed by atoms with E-state index in [1.54, 1.807) is 16.7 Å². The Morgan fingerprint density at radius 1 is 1.19 bits per heavy atom. The van der Waals surface area contributed by atoms with Crippen molar-refractivity contribution in [1.82, 2.24) is 24.5 Å². The molecular weight excluding hydrogens is 422 g/mol. The Bertz CT molecular complexity index is 1390. The van der Waals surface area contributed by atoms with Crippen LogP contribution in [0.1, 0.15) is 30.0 Å². The van der Waals surface area contributed by atoms with Crippen LogP contribution in [0.3, 0.4) is 0 Å². The van der Waals surface area contributed by atoms with E-state index in [4.69, 9.17) is 0 Å². The summed E-state index contributed by atoms with van der Waals surface area (Å²) in [7, 11) is 0. The van der Waals surface area contributed by atoms with Gasteiger partial charge < -0.3 is 5.32 Å².